The molecule has 2 aromatic carbocycles. The number of pyridine rings is 1. The standard InChI is InChI=1S/C22H22F2N2O2/c1-14-18-6-4-5-7-20(18)25-15(2)19(14)12-21(27)26(3)13-16-8-10-17(11-9-16)28-22(23)24/h4-11,22H,12-13H2,1-3H3. The molecule has 3 aromatic rings. The number of ether oxygens (including phenoxy) is 1. The number of amides is 1. The van der Waals surface area contributed by atoms with Gasteiger partial charge in [-0.3, -0.25) is 9.78 Å². The number of halogens is 2. The third-order valence-corrected chi connectivity index (χ3v) is 4.81. The van der Waals surface area contributed by atoms with Gasteiger partial charge in [0, 0.05) is 24.7 Å². The maximum Gasteiger partial charge on any atom is 0.387 e. The second kappa shape index (κ2) is 8.33. The molecular formula is C22H22F2N2O2. The minimum Gasteiger partial charge on any atom is -0.435 e. The fourth-order valence-electron chi connectivity index (χ4n) is 3.26. The monoisotopic (exact) mass is 384 g/mol. The van der Waals surface area contributed by atoms with Gasteiger partial charge in [-0.05, 0) is 48.7 Å². The highest BCUT2D eigenvalue weighted by Crippen LogP contribution is 2.23. The maximum absolute atomic E-state index is 12.7. The van der Waals surface area contributed by atoms with E-state index in [1.54, 1.807) is 24.1 Å². The average molecular weight is 384 g/mol. The molecule has 1 amide bonds. The van der Waals surface area contributed by atoms with Crippen LogP contribution in [0.15, 0.2) is 48.5 Å². The summed E-state index contributed by atoms with van der Waals surface area (Å²) in [4.78, 5) is 19.0. The molecule has 1 heterocycles. The van der Waals surface area contributed by atoms with Gasteiger partial charge < -0.3 is 9.64 Å². The second-order valence-electron chi connectivity index (χ2n) is 6.77. The van der Waals surface area contributed by atoms with E-state index in [4.69, 9.17) is 0 Å². The van der Waals surface area contributed by atoms with E-state index in [1.165, 1.54) is 12.1 Å². The van der Waals surface area contributed by atoms with E-state index >= 15 is 0 Å². The molecule has 3 rings (SSSR count). The molecular weight excluding hydrogens is 362 g/mol. The van der Waals surface area contributed by atoms with Crippen LogP contribution in [0.4, 0.5) is 8.78 Å². The Morgan fingerprint density at radius 3 is 2.46 bits per heavy atom. The zero-order valence-corrected chi connectivity index (χ0v) is 16.1. The molecule has 28 heavy (non-hydrogen) atoms. The van der Waals surface area contributed by atoms with Gasteiger partial charge in [-0.1, -0.05) is 30.3 Å². The number of carbonyl (C=O) groups excluding carboxylic acids is 1. The molecule has 146 valence electrons. The van der Waals surface area contributed by atoms with E-state index in [0.29, 0.717) is 6.54 Å². The van der Waals surface area contributed by atoms with Crippen LogP contribution in [0.5, 0.6) is 5.75 Å². The number of aryl methyl sites for hydroxylation is 2. The molecule has 0 N–H and O–H groups in total. The van der Waals surface area contributed by atoms with Crippen molar-refractivity contribution in [1.82, 2.24) is 9.88 Å². The zero-order chi connectivity index (χ0) is 20.3. The molecule has 0 unspecified atom stereocenters. The molecule has 0 saturated carbocycles. The van der Waals surface area contributed by atoms with Crippen molar-refractivity contribution in [1.29, 1.82) is 0 Å². The fourth-order valence-corrected chi connectivity index (χ4v) is 3.26. The molecule has 0 aliphatic heterocycles. The van der Waals surface area contributed by atoms with Crippen molar-refractivity contribution in [3.8, 4) is 5.75 Å². The highest BCUT2D eigenvalue weighted by atomic mass is 19.3. The van der Waals surface area contributed by atoms with Crippen molar-refractivity contribution in [2.24, 2.45) is 0 Å². The number of carbonyl (C=O) groups is 1. The van der Waals surface area contributed by atoms with Crippen molar-refractivity contribution in [2.45, 2.75) is 33.4 Å². The van der Waals surface area contributed by atoms with Gasteiger partial charge in [0.05, 0.1) is 11.9 Å². The smallest absolute Gasteiger partial charge is 0.387 e. The Morgan fingerprint density at radius 2 is 1.79 bits per heavy atom. The lowest BCUT2D eigenvalue weighted by Crippen LogP contribution is -2.28. The summed E-state index contributed by atoms with van der Waals surface area (Å²) in [5, 5.41) is 1.05. The summed E-state index contributed by atoms with van der Waals surface area (Å²) in [7, 11) is 1.73. The number of hydrogen-bond donors (Lipinski definition) is 0. The average Bonchev–Trinajstić information content (AvgIpc) is 2.66. The quantitative estimate of drug-likeness (QED) is 0.621. The van der Waals surface area contributed by atoms with E-state index in [1.807, 2.05) is 38.1 Å². The first-order valence-corrected chi connectivity index (χ1v) is 8.97. The van der Waals surface area contributed by atoms with Crippen LogP contribution in [-0.4, -0.2) is 29.5 Å². The number of fused-ring (bicyclic) bond motifs is 1. The molecule has 1 aromatic heterocycles. The first-order chi connectivity index (χ1) is 13.3. The summed E-state index contributed by atoms with van der Waals surface area (Å²) in [6.45, 7) is 1.47. The van der Waals surface area contributed by atoms with Gasteiger partial charge in [0.15, 0.2) is 0 Å². The predicted molar refractivity (Wildman–Crippen MR) is 104 cm³/mol. The van der Waals surface area contributed by atoms with Crippen molar-refractivity contribution < 1.29 is 18.3 Å². The summed E-state index contributed by atoms with van der Waals surface area (Å²) in [5.41, 5.74) is 4.62. The van der Waals surface area contributed by atoms with Crippen molar-refractivity contribution in [2.75, 3.05) is 7.05 Å². The van der Waals surface area contributed by atoms with Crippen LogP contribution in [0, 0.1) is 13.8 Å². The lowest BCUT2D eigenvalue weighted by molar-refractivity contribution is -0.129. The zero-order valence-electron chi connectivity index (χ0n) is 16.1. The summed E-state index contributed by atoms with van der Waals surface area (Å²) in [5.74, 6) is 0.0670. The Hall–Kier alpha value is -3.02. The van der Waals surface area contributed by atoms with E-state index in [9.17, 15) is 13.6 Å². The summed E-state index contributed by atoms with van der Waals surface area (Å²) in [6.07, 6.45) is 0.262. The molecule has 0 aliphatic rings. The number of nitrogens with zero attached hydrogens (tertiary/aromatic N) is 2. The number of para-hydroxylation sites is 1. The van der Waals surface area contributed by atoms with Crippen molar-refractivity contribution in [3.05, 3.63) is 70.9 Å². The molecule has 0 atom stereocenters. The van der Waals surface area contributed by atoms with Crippen LogP contribution in [0.25, 0.3) is 10.9 Å². The minimum absolute atomic E-state index is 0.0313. The molecule has 0 spiro atoms. The Bertz CT molecular complexity index is 988. The van der Waals surface area contributed by atoms with Crippen LogP contribution in [0.1, 0.15) is 22.4 Å². The summed E-state index contributed by atoms with van der Waals surface area (Å²) >= 11 is 0. The molecule has 6 heteroatoms. The Labute approximate surface area is 162 Å². The Balaban J connectivity index is 1.71. The van der Waals surface area contributed by atoms with Crippen molar-refractivity contribution in [3.63, 3.8) is 0 Å². The number of benzene rings is 2. The highest BCUT2D eigenvalue weighted by molar-refractivity contribution is 5.86. The third-order valence-electron chi connectivity index (χ3n) is 4.81. The summed E-state index contributed by atoms with van der Waals surface area (Å²) in [6, 6.07) is 14.2. The van der Waals surface area contributed by atoms with Crippen LogP contribution in [0.3, 0.4) is 0 Å². The number of rotatable bonds is 6. The number of aromatic nitrogens is 1. The largest absolute Gasteiger partial charge is 0.435 e. The van der Waals surface area contributed by atoms with E-state index < -0.39 is 6.61 Å². The number of alkyl halides is 2. The van der Waals surface area contributed by atoms with E-state index in [2.05, 4.69) is 9.72 Å². The highest BCUT2D eigenvalue weighted by Gasteiger charge is 2.16. The second-order valence-corrected chi connectivity index (χ2v) is 6.77. The lowest BCUT2D eigenvalue weighted by atomic mass is 9.99. The van der Waals surface area contributed by atoms with Gasteiger partial charge in [-0.25, -0.2) is 0 Å². The lowest BCUT2D eigenvalue weighted by Gasteiger charge is -2.19. The first kappa shape index (κ1) is 19.7. The number of likely N-dealkylation sites (N-methyl/N-ethyl adjacent to an activating group) is 1. The van der Waals surface area contributed by atoms with Gasteiger partial charge in [0.2, 0.25) is 5.91 Å². The van der Waals surface area contributed by atoms with Gasteiger partial charge in [0.25, 0.3) is 0 Å². The minimum atomic E-state index is -2.85. The molecule has 0 bridgehead atoms. The first-order valence-electron chi connectivity index (χ1n) is 8.97. The van der Waals surface area contributed by atoms with Crippen LogP contribution in [-0.2, 0) is 17.8 Å². The van der Waals surface area contributed by atoms with Crippen LogP contribution in [0.2, 0.25) is 0 Å². The summed E-state index contributed by atoms with van der Waals surface area (Å²) < 4.78 is 28.8. The van der Waals surface area contributed by atoms with Gasteiger partial charge in [-0.2, -0.15) is 8.78 Å². The Kier molecular flexibility index (Phi) is 5.87. The molecule has 0 radical (unpaired) electrons. The third kappa shape index (κ3) is 4.44. The fraction of sp³-hybridized carbons (Fsp3) is 0.273. The number of hydrogen-bond acceptors (Lipinski definition) is 3. The SMILES string of the molecule is Cc1nc2ccccc2c(C)c1CC(=O)N(C)Cc1ccc(OC(F)F)cc1. The molecule has 0 fully saturated rings. The molecule has 0 saturated heterocycles. The molecule has 0 aliphatic carbocycles. The van der Waals surface area contributed by atoms with Crippen LogP contribution < -0.4 is 4.74 Å². The predicted octanol–water partition coefficient (Wildman–Crippen LogP) is 4.65. The van der Waals surface area contributed by atoms with Crippen molar-refractivity contribution >= 4 is 16.8 Å². The Morgan fingerprint density at radius 1 is 1.11 bits per heavy atom. The molecule has 4 nitrogen and oxygen atoms in total. The van der Waals surface area contributed by atoms with Gasteiger partial charge in [0.1, 0.15) is 5.75 Å². The normalized spacial score (nSPS) is 11.1. The van der Waals surface area contributed by atoms with E-state index in [-0.39, 0.29) is 18.1 Å². The van der Waals surface area contributed by atoms with Gasteiger partial charge >= 0.3 is 6.61 Å². The topological polar surface area (TPSA) is 42.4 Å². The maximum atomic E-state index is 12.7. The van der Waals surface area contributed by atoms with Gasteiger partial charge in [-0.15, -0.1) is 0 Å². The van der Waals surface area contributed by atoms with Crippen LogP contribution >= 0.6 is 0 Å². The van der Waals surface area contributed by atoms with E-state index in [0.717, 1.165) is 33.3 Å².